The predicted octanol–water partition coefficient (Wildman–Crippen LogP) is 3.83. The minimum Gasteiger partial charge on any atom is -0.422 e. The fourth-order valence-corrected chi connectivity index (χ4v) is 3.79. The molecular weight excluding hydrogens is 348 g/mol. The topological polar surface area (TPSA) is 45.5 Å². The molecule has 4 rings (SSSR count). The molecule has 0 unspecified atom stereocenters. The van der Waals surface area contributed by atoms with Gasteiger partial charge in [-0.3, -0.25) is 4.90 Å². The van der Waals surface area contributed by atoms with E-state index in [-0.39, 0.29) is 5.63 Å². The maximum atomic E-state index is 12.8. The zero-order valence-corrected chi connectivity index (χ0v) is 15.5. The van der Waals surface area contributed by atoms with Crippen molar-refractivity contribution in [2.24, 2.45) is 0 Å². The van der Waals surface area contributed by atoms with Crippen LogP contribution in [0, 0.1) is 6.92 Å². The maximum Gasteiger partial charge on any atom is 0.341 e. The van der Waals surface area contributed by atoms with Crippen molar-refractivity contribution in [3.63, 3.8) is 0 Å². The minimum absolute atomic E-state index is 0.283. The Morgan fingerprint density at radius 3 is 2.69 bits per heavy atom. The van der Waals surface area contributed by atoms with E-state index in [1.54, 1.807) is 0 Å². The fourth-order valence-electron chi connectivity index (χ4n) is 3.57. The van der Waals surface area contributed by atoms with Crippen LogP contribution < -0.4 is 10.9 Å². The number of fused-ring (bicyclic) bond motifs is 1. The summed E-state index contributed by atoms with van der Waals surface area (Å²) in [6.45, 7) is 6.23. The average molecular weight is 369 g/mol. The molecule has 1 aliphatic rings. The molecule has 0 aliphatic carbocycles. The smallest absolute Gasteiger partial charge is 0.341 e. The zero-order valence-electron chi connectivity index (χ0n) is 14.7. The van der Waals surface area contributed by atoms with Crippen LogP contribution in [0.1, 0.15) is 11.1 Å². The van der Waals surface area contributed by atoms with E-state index in [2.05, 4.69) is 10.2 Å². The first kappa shape index (κ1) is 17.3. The van der Waals surface area contributed by atoms with E-state index in [0.29, 0.717) is 22.7 Å². The number of piperazine rings is 1. The molecule has 4 nitrogen and oxygen atoms in total. The highest BCUT2D eigenvalue weighted by atomic mass is 35.5. The van der Waals surface area contributed by atoms with E-state index in [4.69, 9.17) is 16.0 Å². The van der Waals surface area contributed by atoms with Crippen LogP contribution >= 0.6 is 11.6 Å². The van der Waals surface area contributed by atoms with Crippen LogP contribution in [-0.4, -0.2) is 31.1 Å². The van der Waals surface area contributed by atoms with Crippen molar-refractivity contribution in [3.8, 4) is 11.1 Å². The SMILES string of the molecule is Cc1cccc(-c2c(CN3CCNCC3)c(=O)oc3ccccc23)c1Cl. The molecule has 0 spiro atoms. The summed E-state index contributed by atoms with van der Waals surface area (Å²) in [4.78, 5) is 15.1. The minimum atomic E-state index is -0.283. The van der Waals surface area contributed by atoms with Gasteiger partial charge in [0.2, 0.25) is 0 Å². The Balaban J connectivity index is 1.96. The van der Waals surface area contributed by atoms with Gasteiger partial charge in [0.15, 0.2) is 0 Å². The van der Waals surface area contributed by atoms with Gasteiger partial charge in [-0.05, 0) is 18.6 Å². The Hall–Kier alpha value is -2.14. The highest BCUT2D eigenvalue weighted by molar-refractivity contribution is 6.34. The van der Waals surface area contributed by atoms with Crippen LogP contribution in [0.4, 0.5) is 0 Å². The van der Waals surface area contributed by atoms with Crippen molar-refractivity contribution in [3.05, 3.63) is 69.0 Å². The molecule has 0 radical (unpaired) electrons. The molecule has 1 fully saturated rings. The lowest BCUT2D eigenvalue weighted by Gasteiger charge is -2.27. The number of para-hydroxylation sites is 1. The van der Waals surface area contributed by atoms with Gasteiger partial charge < -0.3 is 9.73 Å². The lowest BCUT2D eigenvalue weighted by Crippen LogP contribution is -2.43. The van der Waals surface area contributed by atoms with Gasteiger partial charge in [0.25, 0.3) is 0 Å². The largest absolute Gasteiger partial charge is 0.422 e. The van der Waals surface area contributed by atoms with Gasteiger partial charge in [-0.25, -0.2) is 4.79 Å². The van der Waals surface area contributed by atoms with Crippen LogP contribution in [0.15, 0.2) is 51.7 Å². The molecule has 2 heterocycles. The molecule has 134 valence electrons. The summed E-state index contributed by atoms with van der Waals surface area (Å²) >= 11 is 6.64. The molecule has 1 N–H and O–H groups in total. The Morgan fingerprint density at radius 1 is 1.12 bits per heavy atom. The normalized spacial score (nSPS) is 15.5. The van der Waals surface area contributed by atoms with Gasteiger partial charge in [0, 0.05) is 49.2 Å². The number of hydrogen-bond donors (Lipinski definition) is 1. The van der Waals surface area contributed by atoms with Crippen molar-refractivity contribution >= 4 is 22.6 Å². The van der Waals surface area contributed by atoms with E-state index in [1.165, 1.54) is 0 Å². The highest BCUT2D eigenvalue weighted by Crippen LogP contribution is 2.36. The fraction of sp³-hybridized carbons (Fsp3) is 0.286. The molecule has 0 amide bonds. The summed E-state index contributed by atoms with van der Waals surface area (Å²) in [6, 6.07) is 13.6. The molecule has 5 heteroatoms. The van der Waals surface area contributed by atoms with E-state index >= 15 is 0 Å². The van der Waals surface area contributed by atoms with Gasteiger partial charge in [-0.2, -0.15) is 0 Å². The molecule has 1 aromatic heterocycles. The van der Waals surface area contributed by atoms with Crippen molar-refractivity contribution < 1.29 is 4.42 Å². The molecule has 0 atom stereocenters. The number of rotatable bonds is 3. The standard InChI is InChI=1S/C21H21ClN2O2/c1-14-5-4-7-16(20(14)22)19-15-6-2-3-8-18(15)26-21(25)17(19)13-24-11-9-23-10-12-24/h2-8,23H,9-13H2,1H3. The van der Waals surface area contributed by atoms with Gasteiger partial charge >= 0.3 is 5.63 Å². The molecule has 3 aromatic rings. The second kappa shape index (κ2) is 7.23. The first-order valence-corrected chi connectivity index (χ1v) is 9.26. The first-order valence-electron chi connectivity index (χ1n) is 8.88. The Labute approximate surface area is 157 Å². The summed E-state index contributed by atoms with van der Waals surface area (Å²) in [6.07, 6.45) is 0. The molecule has 2 aromatic carbocycles. The zero-order chi connectivity index (χ0) is 18.1. The van der Waals surface area contributed by atoms with Gasteiger partial charge in [0.1, 0.15) is 5.58 Å². The third-order valence-corrected chi connectivity index (χ3v) is 5.46. The second-order valence-corrected chi connectivity index (χ2v) is 7.08. The van der Waals surface area contributed by atoms with Gasteiger partial charge in [0.05, 0.1) is 10.6 Å². The Kier molecular flexibility index (Phi) is 4.81. The second-order valence-electron chi connectivity index (χ2n) is 6.70. The molecule has 0 bridgehead atoms. The van der Waals surface area contributed by atoms with Crippen molar-refractivity contribution in [1.82, 2.24) is 10.2 Å². The summed E-state index contributed by atoms with van der Waals surface area (Å²) < 4.78 is 5.63. The summed E-state index contributed by atoms with van der Waals surface area (Å²) in [5.41, 5.74) is 3.77. The van der Waals surface area contributed by atoms with Crippen LogP contribution in [0.25, 0.3) is 22.1 Å². The third kappa shape index (κ3) is 3.16. The molecule has 26 heavy (non-hydrogen) atoms. The molecule has 1 aliphatic heterocycles. The van der Waals surface area contributed by atoms with Crippen LogP contribution in [0.3, 0.4) is 0 Å². The summed E-state index contributed by atoms with van der Waals surface area (Å²) in [7, 11) is 0. The van der Waals surface area contributed by atoms with Crippen molar-refractivity contribution in [2.45, 2.75) is 13.5 Å². The van der Waals surface area contributed by atoms with Crippen LogP contribution in [0.5, 0.6) is 0 Å². The van der Waals surface area contributed by atoms with Gasteiger partial charge in [-0.15, -0.1) is 0 Å². The number of nitrogens with one attached hydrogen (secondary N) is 1. The predicted molar refractivity (Wildman–Crippen MR) is 106 cm³/mol. The number of benzene rings is 2. The number of nitrogens with zero attached hydrogens (tertiary/aromatic N) is 1. The highest BCUT2D eigenvalue weighted by Gasteiger charge is 2.21. The van der Waals surface area contributed by atoms with E-state index in [1.807, 2.05) is 49.4 Å². The average Bonchev–Trinajstić information content (AvgIpc) is 2.66. The maximum absolute atomic E-state index is 12.8. The Morgan fingerprint density at radius 2 is 1.88 bits per heavy atom. The third-order valence-electron chi connectivity index (χ3n) is 4.96. The lowest BCUT2D eigenvalue weighted by molar-refractivity contribution is 0.231. The van der Waals surface area contributed by atoms with Crippen LogP contribution in [0.2, 0.25) is 5.02 Å². The molecule has 1 saturated heterocycles. The van der Waals surface area contributed by atoms with E-state index < -0.39 is 0 Å². The number of aryl methyl sites for hydroxylation is 1. The van der Waals surface area contributed by atoms with Crippen LogP contribution in [-0.2, 0) is 6.54 Å². The summed E-state index contributed by atoms with van der Waals surface area (Å²) in [5.74, 6) is 0. The monoisotopic (exact) mass is 368 g/mol. The van der Waals surface area contributed by atoms with E-state index in [0.717, 1.165) is 48.3 Å². The summed E-state index contributed by atoms with van der Waals surface area (Å²) in [5, 5.41) is 4.95. The van der Waals surface area contributed by atoms with Gasteiger partial charge in [-0.1, -0.05) is 48.0 Å². The number of halogens is 1. The Bertz CT molecular complexity index is 1010. The molecule has 0 saturated carbocycles. The lowest BCUT2D eigenvalue weighted by atomic mass is 9.95. The van der Waals surface area contributed by atoms with Crippen molar-refractivity contribution in [2.75, 3.05) is 26.2 Å². The quantitative estimate of drug-likeness (QED) is 0.714. The van der Waals surface area contributed by atoms with E-state index in [9.17, 15) is 4.79 Å². The molecular formula is C21H21ClN2O2. The first-order chi connectivity index (χ1) is 12.6. The van der Waals surface area contributed by atoms with Crippen molar-refractivity contribution in [1.29, 1.82) is 0 Å². The number of hydrogen-bond acceptors (Lipinski definition) is 4.